The summed E-state index contributed by atoms with van der Waals surface area (Å²) >= 11 is 0. The molecule has 0 saturated carbocycles. The molecule has 0 bridgehead atoms. The first kappa shape index (κ1) is 8.31. The van der Waals surface area contributed by atoms with Gasteiger partial charge in [-0.05, 0) is 12.3 Å². The fourth-order valence-electron chi connectivity index (χ4n) is 1.34. The van der Waals surface area contributed by atoms with E-state index in [-0.39, 0.29) is 0 Å². The van der Waals surface area contributed by atoms with Gasteiger partial charge in [0.1, 0.15) is 0 Å². The van der Waals surface area contributed by atoms with Gasteiger partial charge in [-0.25, -0.2) is 4.98 Å². The van der Waals surface area contributed by atoms with Crippen LogP contribution in [0.1, 0.15) is 26.7 Å². The van der Waals surface area contributed by atoms with E-state index in [1.54, 1.807) is 0 Å². The topological polar surface area (TPSA) is 17.8 Å². The van der Waals surface area contributed by atoms with Crippen LogP contribution in [-0.2, 0) is 6.54 Å². The third kappa shape index (κ3) is 2.74. The van der Waals surface area contributed by atoms with E-state index >= 15 is 0 Å². The lowest BCUT2D eigenvalue weighted by atomic mass is 10.1. The van der Waals surface area contributed by atoms with Crippen molar-refractivity contribution in [2.75, 3.05) is 0 Å². The highest BCUT2D eigenvalue weighted by Gasteiger charge is 1.99. The van der Waals surface area contributed by atoms with Gasteiger partial charge in [0.2, 0.25) is 0 Å². The summed E-state index contributed by atoms with van der Waals surface area (Å²) in [6.07, 6.45) is 8.31. The van der Waals surface area contributed by atoms with Gasteiger partial charge in [0, 0.05) is 18.9 Å². The van der Waals surface area contributed by atoms with Crippen molar-refractivity contribution in [1.82, 2.24) is 9.55 Å². The van der Waals surface area contributed by atoms with Crippen LogP contribution in [0, 0.1) is 5.92 Å². The van der Waals surface area contributed by atoms with Gasteiger partial charge in [0.25, 0.3) is 0 Å². The van der Waals surface area contributed by atoms with Crippen LogP contribution in [0.3, 0.4) is 0 Å². The molecule has 0 saturated heterocycles. The Labute approximate surface area is 68.3 Å². The van der Waals surface area contributed by atoms with Gasteiger partial charge in [-0.2, -0.15) is 0 Å². The minimum atomic E-state index is 0.772. The molecule has 1 unspecified atom stereocenters. The third-order valence-electron chi connectivity index (χ3n) is 1.86. The van der Waals surface area contributed by atoms with Gasteiger partial charge in [-0.15, -0.1) is 0 Å². The van der Waals surface area contributed by atoms with Gasteiger partial charge >= 0.3 is 0 Å². The zero-order valence-electron chi connectivity index (χ0n) is 7.33. The molecule has 0 fully saturated rings. The molecule has 0 spiro atoms. The van der Waals surface area contributed by atoms with E-state index in [4.69, 9.17) is 0 Å². The molecule has 0 aliphatic heterocycles. The predicted octanol–water partition coefficient (Wildman–Crippen LogP) is 2.32. The van der Waals surface area contributed by atoms with E-state index in [1.807, 2.05) is 18.7 Å². The maximum absolute atomic E-state index is 4.00. The summed E-state index contributed by atoms with van der Waals surface area (Å²) in [6, 6.07) is 0. The predicted molar refractivity (Wildman–Crippen MR) is 46.3 cm³/mol. The van der Waals surface area contributed by atoms with Crippen molar-refractivity contribution < 1.29 is 0 Å². The van der Waals surface area contributed by atoms with Crippen LogP contribution in [0.5, 0.6) is 0 Å². The smallest absolute Gasteiger partial charge is 0.0945 e. The van der Waals surface area contributed by atoms with Gasteiger partial charge < -0.3 is 4.57 Å². The quantitative estimate of drug-likeness (QED) is 0.647. The van der Waals surface area contributed by atoms with Crippen molar-refractivity contribution >= 4 is 0 Å². The van der Waals surface area contributed by atoms with E-state index < -0.39 is 0 Å². The maximum Gasteiger partial charge on any atom is 0.0945 e. The fourth-order valence-corrected chi connectivity index (χ4v) is 1.34. The lowest BCUT2D eigenvalue weighted by Crippen LogP contribution is -2.04. The molecule has 62 valence electrons. The van der Waals surface area contributed by atoms with Crippen LogP contribution in [0.4, 0.5) is 0 Å². The molecule has 2 nitrogen and oxygen atoms in total. The number of aromatic nitrogens is 2. The van der Waals surface area contributed by atoms with Crippen molar-refractivity contribution in [2.24, 2.45) is 5.92 Å². The van der Waals surface area contributed by atoms with Crippen LogP contribution < -0.4 is 0 Å². The molecule has 0 aliphatic rings. The molecule has 1 rings (SSSR count). The lowest BCUT2D eigenvalue weighted by molar-refractivity contribution is 0.445. The second kappa shape index (κ2) is 4.16. The Balaban J connectivity index is 2.31. The zero-order valence-corrected chi connectivity index (χ0v) is 7.33. The first-order chi connectivity index (χ1) is 5.33. The summed E-state index contributed by atoms with van der Waals surface area (Å²) in [5, 5.41) is 0. The maximum atomic E-state index is 4.00. The van der Waals surface area contributed by atoms with Crippen LogP contribution in [-0.4, -0.2) is 9.55 Å². The molecule has 1 heterocycles. The normalized spacial score (nSPS) is 13.3. The molecule has 0 aliphatic carbocycles. The van der Waals surface area contributed by atoms with E-state index in [0.29, 0.717) is 0 Å². The van der Waals surface area contributed by atoms with Crippen LogP contribution in [0.15, 0.2) is 18.7 Å². The average molecular weight is 152 g/mol. The minimum absolute atomic E-state index is 0.772. The van der Waals surface area contributed by atoms with E-state index in [2.05, 4.69) is 23.4 Å². The molecule has 2 heteroatoms. The number of hydrogen-bond acceptors (Lipinski definition) is 1. The third-order valence-corrected chi connectivity index (χ3v) is 1.86. The SMILES string of the molecule is CCCC(C)Cn1ccnc1. The van der Waals surface area contributed by atoms with E-state index in [0.717, 1.165) is 12.5 Å². The first-order valence-corrected chi connectivity index (χ1v) is 4.28. The van der Waals surface area contributed by atoms with Crippen molar-refractivity contribution in [2.45, 2.75) is 33.2 Å². The Morgan fingerprint density at radius 3 is 2.91 bits per heavy atom. The molecule has 1 atom stereocenters. The fraction of sp³-hybridized carbons (Fsp3) is 0.667. The zero-order chi connectivity index (χ0) is 8.10. The van der Waals surface area contributed by atoms with Crippen LogP contribution >= 0.6 is 0 Å². The summed E-state index contributed by atoms with van der Waals surface area (Å²) in [5.74, 6) is 0.772. The van der Waals surface area contributed by atoms with Gasteiger partial charge in [0.15, 0.2) is 0 Å². The summed E-state index contributed by atoms with van der Waals surface area (Å²) < 4.78 is 2.14. The molecule has 0 amide bonds. The Morgan fingerprint density at radius 1 is 1.55 bits per heavy atom. The Kier molecular flexibility index (Phi) is 3.14. The second-order valence-corrected chi connectivity index (χ2v) is 3.15. The highest BCUT2D eigenvalue weighted by Crippen LogP contribution is 2.07. The highest BCUT2D eigenvalue weighted by molar-refractivity contribution is 4.74. The molecular formula is C9H16N2. The molecule has 0 N–H and O–H groups in total. The number of rotatable bonds is 4. The Bertz CT molecular complexity index is 179. The number of imidazole rings is 1. The average Bonchev–Trinajstić information content (AvgIpc) is 2.40. The first-order valence-electron chi connectivity index (χ1n) is 4.28. The summed E-state index contributed by atoms with van der Waals surface area (Å²) in [4.78, 5) is 4.00. The number of hydrogen-bond donors (Lipinski definition) is 0. The molecule has 1 aromatic rings. The standard InChI is InChI=1S/C9H16N2/c1-3-4-9(2)7-11-6-5-10-8-11/h5-6,8-9H,3-4,7H2,1-2H3. The van der Waals surface area contributed by atoms with Crippen LogP contribution in [0.25, 0.3) is 0 Å². The monoisotopic (exact) mass is 152 g/mol. The van der Waals surface area contributed by atoms with Crippen molar-refractivity contribution in [3.8, 4) is 0 Å². The number of nitrogens with zero attached hydrogens (tertiary/aromatic N) is 2. The van der Waals surface area contributed by atoms with E-state index in [9.17, 15) is 0 Å². The Morgan fingerprint density at radius 2 is 2.36 bits per heavy atom. The summed E-state index contributed by atoms with van der Waals surface area (Å²) in [5.41, 5.74) is 0. The second-order valence-electron chi connectivity index (χ2n) is 3.15. The van der Waals surface area contributed by atoms with Crippen LogP contribution in [0.2, 0.25) is 0 Å². The van der Waals surface area contributed by atoms with Gasteiger partial charge in [0.05, 0.1) is 6.33 Å². The van der Waals surface area contributed by atoms with Gasteiger partial charge in [-0.1, -0.05) is 20.3 Å². The molecular weight excluding hydrogens is 136 g/mol. The van der Waals surface area contributed by atoms with Gasteiger partial charge in [-0.3, -0.25) is 0 Å². The van der Waals surface area contributed by atoms with Crippen molar-refractivity contribution in [3.63, 3.8) is 0 Å². The molecule has 1 aromatic heterocycles. The summed E-state index contributed by atoms with van der Waals surface area (Å²) in [6.45, 7) is 5.61. The summed E-state index contributed by atoms with van der Waals surface area (Å²) in [7, 11) is 0. The van der Waals surface area contributed by atoms with Crippen molar-refractivity contribution in [1.29, 1.82) is 0 Å². The molecule has 0 radical (unpaired) electrons. The largest absolute Gasteiger partial charge is 0.337 e. The highest BCUT2D eigenvalue weighted by atomic mass is 15.0. The lowest BCUT2D eigenvalue weighted by Gasteiger charge is -2.09. The minimum Gasteiger partial charge on any atom is -0.337 e. The van der Waals surface area contributed by atoms with Crippen molar-refractivity contribution in [3.05, 3.63) is 18.7 Å². The molecule has 0 aromatic carbocycles. The Hall–Kier alpha value is -0.790. The van der Waals surface area contributed by atoms with E-state index in [1.165, 1.54) is 12.8 Å². The molecule has 11 heavy (non-hydrogen) atoms.